The van der Waals surface area contributed by atoms with E-state index >= 15 is 0 Å². The van der Waals surface area contributed by atoms with E-state index in [0.717, 1.165) is 16.9 Å². The second-order valence-corrected chi connectivity index (χ2v) is 11.4. The molecular formula is C34H28BrN5O5. The molecule has 0 aliphatic carbocycles. The number of hydrogen-bond acceptors (Lipinski definition) is 8. The first kappa shape index (κ1) is 31.1. The van der Waals surface area contributed by atoms with Crippen molar-refractivity contribution in [3.63, 3.8) is 0 Å². The number of methoxy groups -OCH3 is 1. The summed E-state index contributed by atoms with van der Waals surface area (Å²) in [6.45, 7) is 5.97. The molecule has 11 heteroatoms. The van der Waals surface area contributed by atoms with Gasteiger partial charge in [0.15, 0.2) is 5.82 Å². The highest BCUT2D eigenvalue weighted by atomic mass is 79.9. The number of ether oxygens (including phenoxy) is 2. The van der Waals surface area contributed by atoms with Gasteiger partial charge in [0.1, 0.15) is 12.4 Å². The van der Waals surface area contributed by atoms with E-state index in [1.54, 1.807) is 55.6 Å². The molecule has 1 heterocycles. The number of nitrogens with zero attached hydrogens (tertiary/aromatic N) is 5. The summed E-state index contributed by atoms with van der Waals surface area (Å²) in [5.74, 6) is 1.20. The molecule has 5 rings (SSSR count). The molecule has 0 radical (unpaired) electrons. The Labute approximate surface area is 267 Å². The van der Waals surface area contributed by atoms with Crippen LogP contribution in [0.3, 0.4) is 0 Å². The molecule has 10 nitrogen and oxygen atoms in total. The van der Waals surface area contributed by atoms with Crippen LogP contribution < -0.4 is 15.0 Å². The monoisotopic (exact) mass is 665 g/mol. The van der Waals surface area contributed by atoms with Crippen LogP contribution in [0.2, 0.25) is 0 Å². The molecule has 0 saturated carbocycles. The molecule has 226 valence electrons. The molecule has 0 spiro atoms. The van der Waals surface area contributed by atoms with Crippen molar-refractivity contribution in [1.29, 1.82) is 5.26 Å². The zero-order chi connectivity index (χ0) is 32.2. The Balaban J connectivity index is 1.61. The molecule has 45 heavy (non-hydrogen) atoms. The van der Waals surface area contributed by atoms with Crippen molar-refractivity contribution in [1.82, 2.24) is 9.66 Å². The lowest BCUT2D eigenvalue weighted by atomic mass is 9.96. The fraction of sp³-hybridized carbons (Fsp3) is 0.176. The quantitative estimate of drug-likeness (QED) is 0.0904. The third kappa shape index (κ3) is 6.32. The normalized spacial score (nSPS) is 11.2. The van der Waals surface area contributed by atoms with E-state index in [9.17, 15) is 20.2 Å². The first-order valence-corrected chi connectivity index (χ1v) is 14.8. The molecule has 0 amide bonds. The second-order valence-electron chi connectivity index (χ2n) is 10.5. The van der Waals surface area contributed by atoms with Crippen molar-refractivity contribution in [3.05, 3.63) is 126 Å². The standard InChI is InChI=1S/C34H28BrN5O5/c1-20(2)26-16-27(21(3)13-31(26)44-4)33-38-29-12-8-7-11-25(29)34(41)39(33)37-18-22-14-28(35)32(30(15-22)40(42)43)45-19-24-10-6-5-9-23(24)17-36/h5-16,18,20H,19H2,1-4H3. The number of aromatic nitrogens is 2. The number of aryl methyl sites for hydroxylation is 1. The first-order valence-electron chi connectivity index (χ1n) is 14.0. The van der Waals surface area contributed by atoms with Crippen molar-refractivity contribution < 1.29 is 14.4 Å². The van der Waals surface area contributed by atoms with E-state index in [0.29, 0.717) is 43.5 Å². The summed E-state index contributed by atoms with van der Waals surface area (Å²) in [6, 6.07) is 22.8. The van der Waals surface area contributed by atoms with Crippen LogP contribution in [0.4, 0.5) is 5.69 Å². The molecule has 0 unspecified atom stereocenters. The number of nitro groups is 1. The van der Waals surface area contributed by atoms with Crippen LogP contribution in [-0.2, 0) is 6.61 Å². The topological polar surface area (TPSA) is 133 Å². The fourth-order valence-corrected chi connectivity index (χ4v) is 5.54. The predicted molar refractivity (Wildman–Crippen MR) is 176 cm³/mol. The number of hydrogen-bond donors (Lipinski definition) is 0. The van der Waals surface area contributed by atoms with Crippen LogP contribution in [-0.4, -0.2) is 27.9 Å². The summed E-state index contributed by atoms with van der Waals surface area (Å²) in [7, 11) is 1.62. The van der Waals surface area contributed by atoms with E-state index in [1.807, 2.05) is 25.1 Å². The summed E-state index contributed by atoms with van der Waals surface area (Å²) in [5, 5.41) is 26.4. The van der Waals surface area contributed by atoms with Crippen molar-refractivity contribution in [2.45, 2.75) is 33.3 Å². The number of benzene rings is 4. The summed E-state index contributed by atoms with van der Waals surface area (Å²) in [5.41, 5.74) is 3.66. The van der Waals surface area contributed by atoms with E-state index < -0.39 is 10.5 Å². The predicted octanol–water partition coefficient (Wildman–Crippen LogP) is 7.51. The molecular weight excluding hydrogens is 638 g/mol. The van der Waals surface area contributed by atoms with Gasteiger partial charge in [0.2, 0.25) is 5.75 Å². The minimum Gasteiger partial charge on any atom is -0.496 e. The van der Waals surface area contributed by atoms with E-state index in [2.05, 4.69) is 40.9 Å². The molecule has 1 aromatic heterocycles. The number of para-hydroxylation sites is 1. The number of rotatable bonds is 9. The number of halogens is 1. The van der Waals surface area contributed by atoms with Crippen LogP contribution in [0.25, 0.3) is 22.3 Å². The molecule has 0 saturated heterocycles. The van der Waals surface area contributed by atoms with E-state index in [1.165, 1.54) is 17.0 Å². The van der Waals surface area contributed by atoms with Crippen molar-refractivity contribution >= 4 is 38.7 Å². The average Bonchev–Trinajstić information content (AvgIpc) is 3.03. The fourth-order valence-electron chi connectivity index (χ4n) is 4.95. The summed E-state index contributed by atoms with van der Waals surface area (Å²) >= 11 is 3.40. The van der Waals surface area contributed by atoms with Crippen molar-refractivity contribution in [2.24, 2.45) is 5.10 Å². The van der Waals surface area contributed by atoms with Gasteiger partial charge in [-0.05, 0) is 76.3 Å². The average molecular weight is 667 g/mol. The van der Waals surface area contributed by atoms with Gasteiger partial charge in [0.05, 0.1) is 45.3 Å². The van der Waals surface area contributed by atoms with Gasteiger partial charge in [-0.25, -0.2) is 4.98 Å². The van der Waals surface area contributed by atoms with E-state index in [4.69, 9.17) is 14.5 Å². The highest BCUT2D eigenvalue weighted by Gasteiger charge is 2.22. The van der Waals surface area contributed by atoms with Crippen LogP contribution in [0, 0.1) is 28.4 Å². The van der Waals surface area contributed by atoms with Crippen molar-refractivity contribution in [3.8, 4) is 29.0 Å². The lowest BCUT2D eigenvalue weighted by Gasteiger charge is -2.17. The zero-order valence-electron chi connectivity index (χ0n) is 24.9. The summed E-state index contributed by atoms with van der Waals surface area (Å²) in [6.07, 6.45) is 1.37. The maximum absolute atomic E-state index is 13.8. The maximum atomic E-state index is 13.8. The lowest BCUT2D eigenvalue weighted by Crippen LogP contribution is -2.20. The summed E-state index contributed by atoms with van der Waals surface area (Å²) < 4.78 is 13.0. The third-order valence-corrected chi connectivity index (χ3v) is 7.86. The highest BCUT2D eigenvalue weighted by Crippen LogP contribution is 2.37. The Kier molecular flexibility index (Phi) is 9.06. The van der Waals surface area contributed by atoms with Crippen LogP contribution >= 0.6 is 15.9 Å². The summed E-state index contributed by atoms with van der Waals surface area (Å²) in [4.78, 5) is 30.1. The maximum Gasteiger partial charge on any atom is 0.312 e. The van der Waals surface area contributed by atoms with Crippen LogP contribution in [0.5, 0.6) is 11.5 Å². The van der Waals surface area contributed by atoms with Gasteiger partial charge in [-0.2, -0.15) is 15.0 Å². The van der Waals surface area contributed by atoms with Gasteiger partial charge in [0, 0.05) is 22.8 Å². The smallest absolute Gasteiger partial charge is 0.312 e. The number of nitro benzene ring substituents is 1. The molecule has 5 aromatic rings. The highest BCUT2D eigenvalue weighted by molar-refractivity contribution is 9.10. The Morgan fingerprint density at radius 3 is 2.58 bits per heavy atom. The van der Waals surface area contributed by atoms with Gasteiger partial charge in [-0.3, -0.25) is 14.9 Å². The molecule has 0 aliphatic rings. The van der Waals surface area contributed by atoms with Gasteiger partial charge < -0.3 is 9.47 Å². The van der Waals surface area contributed by atoms with Gasteiger partial charge >= 0.3 is 5.69 Å². The minimum atomic E-state index is -0.559. The van der Waals surface area contributed by atoms with Crippen molar-refractivity contribution in [2.75, 3.05) is 7.11 Å². The third-order valence-electron chi connectivity index (χ3n) is 7.27. The number of fused-ring (bicyclic) bond motifs is 1. The largest absolute Gasteiger partial charge is 0.496 e. The lowest BCUT2D eigenvalue weighted by molar-refractivity contribution is -0.386. The van der Waals surface area contributed by atoms with Crippen LogP contribution in [0.15, 0.2) is 87.2 Å². The molecule has 0 atom stereocenters. The van der Waals surface area contributed by atoms with E-state index in [-0.39, 0.29) is 24.0 Å². The first-order chi connectivity index (χ1) is 21.6. The van der Waals surface area contributed by atoms with Gasteiger partial charge in [-0.1, -0.05) is 44.2 Å². The van der Waals surface area contributed by atoms with Crippen LogP contribution in [0.1, 0.15) is 47.6 Å². The second kappa shape index (κ2) is 13.1. The molecule has 0 N–H and O–H groups in total. The molecule has 4 aromatic carbocycles. The Bertz CT molecular complexity index is 2080. The zero-order valence-corrected chi connectivity index (χ0v) is 26.5. The van der Waals surface area contributed by atoms with Gasteiger partial charge in [0.25, 0.3) is 5.56 Å². The Morgan fingerprint density at radius 1 is 1.13 bits per heavy atom. The molecule has 0 fully saturated rings. The Morgan fingerprint density at radius 2 is 1.87 bits per heavy atom. The van der Waals surface area contributed by atoms with Gasteiger partial charge in [-0.15, -0.1) is 0 Å². The number of nitriles is 1. The SMILES string of the molecule is COc1cc(C)c(-c2nc3ccccc3c(=O)n2N=Cc2cc(Br)c(OCc3ccccc3C#N)c([N+](=O)[O-])c2)cc1C(C)C. The molecule has 0 aliphatic heterocycles. The molecule has 0 bridgehead atoms. The minimum absolute atomic E-state index is 0.00481. The Hall–Kier alpha value is -5.34.